The van der Waals surface area contributed by atoms with Gasteiger partial charge in [-0.2, -0.15) is 0 Å². The molecule has 1 unspecified atom stereocenters. The number of benzene rings is 4. The van der Waals surface area contributed by atoms with E-state index in [0.29, 0.717) is 0 Å². The third kappa shape index (κ3) is 4.04. The number of rotatable bonds is 4. The Morgan fingerprint density at radius 2 is 1.16 bits per heavy atom. The standard InChI is InChI=1S/C45H28N4O/c1-3-7-41-33(5-1)37-23-31(24-38-34-6-2-4-8-42(34)49(41)45(37)38)29-9-11-43-35(21-29)36-22-30(10-12-44(36)50-43)32-25-39(27-13-17-46-18-14-27)48-40(26-32)28-15-19-47-20-16-28/h1-21,23-26,30H,22H2. The fraction of sp³-hybridized carbons (Fsp3) is 0.0444. The highest BCUT2D eigenvalue weighted by molar-refractivity contribution is 6.24. The number of para-hydroxylation sites is 2. The Morgan fingerprint density at radius 3 is 1.80 bits per heavy atom. The van der Waals surface area contributed by atoms with Crippen LogP contribution in [0.25, 0.3) is 88.8 Å². The third-order valence-corrected chi connectivity index (χ3v) is 10.5. The molecule has 1 atom stereocenters. The van der Waals surface area contributed by atoms with E-state index in [2.05, 4.69) is 118 Å². The highest BCUT2D eigenvalue weighted by Gasteiger charge is 2.24. The van der Waals surface area contributed by atoms with Crippen molar-refractivity contribution in [2.45, 2.75) is 12.3 Å². The average Bonchev–Trinajstić information content (AvgIpc) is 3.84. The molecule has 10 aromatic rings. The van der Waals surface area contributed by atoms with Crippen LogP contribution in [0.1, 0.15) is 22.8 Å². The molecule has 0 fully saturated rings. The fourth-order valence-electron chi connectivity index (χ4n) is 8.14. The zero-order valence-electron chi connectivity index (χ0n) is 26.9. The van der Waals surface area contributed by atoms with Crippen LogP contribution in [0, 0.1) is 0 Å². The van der Waals surface area contributed by atoms with Gasteiger partial charge in [-0.15, -0.1) is 0 Å². The molecule has 5 nitrogen and oxygen atoms in total. The van der Waals surface area contributed by atoms with Gasteiger partial charge in [0.1, 0.15) is 11.3 Å². The van der Waals surface area contributed by atoms with E-state index in [9.17, 15) is 0 Å². The van der Waals surface area contributed by atoms with Crippen molar-refractivity contribution < 1.29 is 4.42 Å². The molecule has 5 heteroatoms. The van der Waals surface area contributed by atoms with Crippen molar-refractivity contribution >= 4 is 55.1 Å². The van der Waals surface area contributed by atoms with Crippen molar-refractivity contribution in [3.63, 3.8) is 0 Å². The summed E-state index contributed by atoms with van der Waals surface area (Å²) in [4.78, 5) is 13.5. The third-order valence-electron chi connectivity index (χ3n) is 10.5. The van der Waals surface area contributed by atoms with Crippen molar-refractivity contribution in [3.8, 4) is 33.6 Å². The lowest BCUT2D eigenvalue weighted by Crippen LogP contribution is -2.06. The van der Waals surface area contributed by atoms with Gasteiger partial charge in [-0.1, -0.05) is 48.5 Å². The van der Waals surface area contributed by atoms with Gasteiger partial charge < -0.3 is 8.82 Å². The highest BCUT2D eigenvalue weighted by Crippen LogP contribution is 2.43. The molecule has 0 saturated heterocycles. The van der Waals surface area contributed by atoms with Crippen LogP contribution in [-0.4, -0.2) is 19.4 Å². The van der Waals surface area contributed by atoms with Crippen LogP contribution in [-0.2, 0) is 6.42 Å². The van der Waals surface area contributed by atoms with Crippen molar-refractivity contribution in [3.05, 3.63) is 163 Å². The number of nitrogens with zero attached hydrogens (tertiary/aromatic N) is 4. The zero-order chi connectivity index (χ0) is 32.8. The second-order valence-electron chi connectivity index (χ2n) is 13.3. The summed E-state index contributed by atoms with van der Waals surface area (Å²) in [5.74, 6) is 1.10. The number of aromatic nitrogens is 4. The van der Waals surface area contributed by atoms with E-state index in [1.54, 1.807) is 0 Å². The van der Waals surface area contributed by atoms with Crippen LogP contribution in [0.5, 0.6) is 0 Å². The Bertz CT molecular complexity index is 2810. The van der Waals surface area contributed by atoms with Gasteiger partial charge in [-0.25, -0.2) is 4.98 Å². The van der Waals surface area contributed by atoms with E-state index in [-0.39, 0.29) is 5.92 Å². The van der Waals surface area contributed by atoms with E-state index in [0.717, 1.165) is 40.3 Å². The quantitative estimate of drug-likeness (QED) is 0.192. The number of allylic oxidation sites excluding steroid dienone is 1. The normalized spacial score (nSPS) is 14.4. The SMILES string of the molecule is C1=CC(c2cc(-c3ccncc3)nc(-c3ccncc3)c2)Cc2c1oc1ccc(-c3cc4c5ccccc5n5c6ccccc6c(c3)c45)cc21. The van der Waals surface area contributed by atoms with Crippen LogP contribution >= 0.6 is 0 Å². The lowest BCUT2D eigenvalue weighted by Gasteiger charge is -2.19. The zero-order valence-corrected chi connectivity index (χ0v) is 26.9. The molecule has 0 N–H and O–H groups in total. The van der Waals surface area contributed by atoms with E-state index < -0.39 is 0 Å². The minimum absolute atomic E-state index is 0.163. The molecule has 11 rings (SSSR count). The summed E-state index contributed by atoms with van der Waals surface area (Å²) < 4.78 is 8.88. The maximum absolute atomic E-state index is 6.45. The first-order valence-corrected chi connectivity index (χ1v) is 17.0. The number of pyridine rings is 3. The molecule has 0 amide bonds. The number of hydrogen-bond acceptors (Lipinski definition) is 4. The Morgan fingerprint density at radius 1 is 0.560 bits per heavy atom. The van der Waals surface area contributed by atoms with Crippen LogP contribution in [0.15, 0.2) is 151 Å². The Kier molecular flexibility index (Phi) is 5.72. The van der Waals surface area contributed by atoms with Crippen LogP contribution in [0.2, 0.25) is 0 Å². The van der Waals surface area contributed by atoms with Gasteiger partial charge in [0.05, 0.1) is 27.9 Å². The summed E-state index contributed by atoms with van der Waals surface area (Å²) in [5.41, 5.74) is 13.5. The molecule has 6 heterocycles. The van der Waals surface area contributed by atoms with E-state index in [4.69, 9.17) is 9.40 Å². The molecule has 1 aliphatic carbocycles. The molecule has 0 spiro atoms. The predicted octanol–water partition coefficient (Wildman–Crippen LogP) is 11.1. The maximum Gasteiger partial charge on any atom is 0.135 e. The topological polar surface area (TPSA) is 56.2 Å². The van der Waals surface area contributed by atoms with Gasteiger partial charge in [-0.05, 0) is 102 Å². The molecule has 0 radical (unpaired) electrons. The van der Waals surface area contributed by atoms with Gasteiger partial charge in [0.25, 0.3) is 0 Å². The average molecular weight is 641 g/mol. The van der Waals surface area contributed by atoms with Crippen LogP contribution < -0.4 is 0 Å². The molecule has 0 aliphatic heterocycles. The molecular weight excluding hydrogens is 613 g/mol. The van der Waals surface area contributed by atoms with E-state index in [1.165, 1.54) is 65.7 Å². The monoisotopic (exact) mass is 640 g/mol. The van der Waals surface area contributed by atoms with Gasteiger partial charge >= 0.3 is 0 Å². The number of hydrogen-bond donors (Lipinski definition) is 0. The van der Waals surface area contributed by atoms with E-state index in [1.807, 2.05) is 49.1 Å². The second kappa shape index (κ2) is 10.5. The summed E-state index contributed by atoms with van der Waals surface area (Å²) in [6, 6.07) is 41.4. The Hall–Kier alpha value is -6.59. The van der Waals surface area contributed by atoms with Crippen LogP contribution in [0.4, 0.5) is 0 Å². The predicted molar refractivity (Wildman–Crippen MR) is 202 cm³/mol. The lowest BCUT2D eigenvalue weighted by atomic mass is 9.85. The largest absolute Gasteiger partial charge is 0.456 e. The molecule has 0 saturated carbocycles. The molecule has 0 bridgehead atoms. The summed E-state index contributed by atoms with van der Waals surface area (Å²) >= 11 is 0. The van der Waals surface area contributed by atoms with Gasteiger partial charge in [0.15, 0.2) is 0 Å². The summed E-state index contributed by atoms with van der Waals surface area (Å²) in [6.45, 7) is 0. The molecule has 1 aliphatic rings. The van der Waals surface area contributed by atoms with Crippen molar-refractivity contribution in [2.24, 2.45) is 0 Å². The molecule has 4 aromatic carbocycles. The first-order valence-electron chi connectivity index (χ1n) is 17.0. The molecule has 6 aromatic heterocycles. The molecule has 50 heavy (non-hydrogen) atoms. The minimum Gasteiger partial charge on any atom is -0.456 e. The highest BCUT2D eigenvalue weighted by atomic mass is 16.3. The number of furan rings is 1. The van der Waals surface area contributed by atoms with Crippen molar-refractivity contribution in [1.29, 1.82) is 0 Å². The van der Waals surface area contributed by atoms with Crippen molar-refractivity contribution in [1.82, 2.24) is 19.4 Å². The summed E-state index contributed by atoms with van der Waals surface area (Å²) in [7, 11) is 0. The first-order chi connectivity index (χ1) is 24.8. The van der Waals surface area contributed by atoms with Gasteiger partial charge in [0, 0.05) is 74.3 Å². The minimum atomic E-state index is 0.163. The summed E-state index contributed by atoms with van der Waals surface area (Å²) in [6.07, 6.45) is 12.5. The molecule has 234 valence electrons. The molecular formula is C45H28N4O. The summed E-state index contributed by atoms with van der Waals surface area (Å²) in [5, 5.41) is 6.31. The Labute approximate surface area is 287 Å². The number of fused-ring (bicyclic) bond motifs is 9. The van der Waals surface area contributed by atoms with Crippen molar-refractivity contribution in [2.75, 3.05) is 0 Å². The van der Waals surface area contributed by atoms with Gasteiger partial charge in [-0.3, -0.25) is 9.97 Å². The fourth-order valence-corrected chi connectivity index (χ4v) is 8.14. The smallest absolute Gasteiger partial charge is 0.135 e. The maximum atomic E-state index is 6.45. The first kappa shape index (κ1) is 27.4. The lowest BCUT2D eigenvalue weighted by molar-refractivity contribution is 0.591. The van der Waals surface area contributed by atoms with E-state index >= 15 is 0 Å². The van der Waals surface area contributed by atoms with Crippen LogP contribution in [0.3, 0.4) is 0 Å². The van der Waals surface area contributed by atoms with Gasteiger partial charge in [0.2, 0.25) is 0 Å². The second-order valence-corrected chi connectivity index (χ2v) is 13.3. The Balaban J connectivity index is 1.04.